The number of hydrogen-bond donors (Lipinski definition) is 2. The minimum absolute atomic E-state index is 0.0474. The number of rotatable bonds is 3. The van der Waals surface area contributed by atoms with Crippen LogP contribution in [0.1, 0.15) is 51.7 Å². The van der Waals surface area contributed by atoms with E-state index >= 15 is 0 Å². The summed E-state index contributed by atoms with van der Waals surface area (Å²) in [5, 5.41) is 3.22. The van der Waals surface area contributed by atoms with Crippen molar-refractivity contribution in [2.24, 2.45) is 0 Å². The number of nitrogens with one attached hydrogen (secondary N) is 1. The molecule has 1 amide bonds. The second kappa shape index (κ2) is 6.94. The Morgan fingerprint density at radius 3 is 2.77 bits per heavy atom. The van der Waals surface area contributed by atoms with Crippen LogP contribution in [0.3, 0.4) is 0 Å². The number of pyridine rings is 1. The molecule has 26 heavy (non-hydrogen) atoms. The summed E-state index contributed by atoms with van der Waals surface area (Å²) < 4.78 is 13.1. The van der Waals surface area contributed by atoms with E-state index in [4.69, 9.17) is 14.9 Å². The van der Waals surface area contributed by atoms with Crippen LogP contribution in [0, 0.1) is 0 Å². The zero-order valence-electron chi connectivity index (χ0n) is 16.4. The van der Waals surface area contributed by atoms with Gasteiger partial charge in [0.05, 0.1) is 36.2 Å². The Morgan fingerprint density at radius 2 is 2.12 bits per heavy atom. The van der Waals surface area contributed by atoms with Gasteiger partial charge in [-0.05, 0) is 30.6 Å². The van der Waals surface area contributed by atoms with Crippen LogP contribution < -0.4 is 11.1 Å². The van der Waals surface area contributed by atoms with Gasteiger partial charge in [-0.3, -0.25) is 9.78 Å². The maximum Gasteiger partial charge on any atom is 0.220 e. The number of fused-ring (bicyclic) bond motifs is 1. The van der Waals surface area contributed by atoms with Gasteiger partial charge in [0.1, 0.15) is 0 Å². The van der Waals surface area contributed by atoms with Gasteiger partial charge in [0.2, 0.25) is 5.91 Å². The smallest absolute Gasteiger partial charge is 0.220 e. The monoisotopic (exact) mass is 377 g/mol. The lowest BCUT2D eigenvalue weighted by atomic mass is 9.87. The Labute approximate surface area is 157 Å². The topological polar surface area (TPSA) is 86.5 Å². The molecule has 0 aliphatic carbocycles. The van der Waals surface area contributed by atoms with Crippen molar-refractivity contribution in [1.82, 2.24) is 10.3 Å². The highest BCUT2D eigenvalue weighted by Crippen LogP contribution is 2.43. The molecule has 0 aromatic carbocycles. The maximum atomic E-state index is 12.0. The van der Waals surface area contributed by atoms with E-state index in [9.17, 15) is 4.79 Å². The van der Waals surface area contributed by atoms with Gasteiger partial charge in [-0.25, -0.2) is 0 Å². The molecule has 6 nitrogen and oxygen atoms in total. The largest absolute Gasteiger partial charge is 0.412 e. The van der Waals surface area contributed by atoms with Crippen LogP contribution >= 0.6 is 0 Å². The fourth-order valence-corrected chi connectivity index (χ4v) is 4.85. The van der Waals surface area contributed by atoms with Gasteiger partial charge in [-0.15, -0.1) is 0 Å². The van der Waals surface area contributed by atoms with E-state index in [1.807, 2.05) is 6.07 Å². The van der Waals surface area contributed by atoms with E-state index in [1.54, 1.807) is 12.4 Å². The quantitative estimate of drug-likeness (QED) is 0.790. The van der Waals surface area contributed by atoms with E-state index < -0.39 is 8.32 Å². The zero-order valence-corrected chi connectivity index (χ0v) is 17.4. The van der Waals surface area contributed by atoms with Crippen LogP contribution in [0.25, 0.3) is 0 Å². The molecule has 2 saturated heterocycles. The van der Waals surface area contributed by atoms with E-state index in [0.29, 0.717) is 18.5 Å². The molecular weight excluding hydrogens is 346 g/mol. The Bertz CT molecular complexity index is 674. The van der Waals surface area contributed by atoms with Crippen molar-refractivity contribution in [1.29, 1.82) is 0 Å². The molecule has 7 heteroatoms. The molecule has 4 atom stereocenters. The third-order valence-corrected chi connectivity index (χ3v) is 10.6. The fraction of sp³-hybridized carbons (Fsp3) is 0.684. The highest BCUT2D eigenvalue weighted by molar-refractivity contribution is 6.74. The summed E-state index contributed by atoms with van der Waals surface area (Å²) in [6, 6.07) is 1.83. The molecule has 2 aliphatic heterocycles. The molecule has 1 aromatic rings. The number of carbonyl (C=O) groups excluding carboxylic acids is 1. The standard InChI is InChI=1S/C19H31N3O3Si/c1-19(2,3)26(4,5)25-16-10-15(12-8-9-21-11-13(12)20)24-14-6-7-17(23)22-18(14)16/h8-9,11,14-16,18H,6-7,10,20H2,1-5H3,(H,22,23)/t14-,15+,16-,18?/m1/s1. The lowest BCUT2D eigenvalue weighted by molar-refractivity contribution is -0.148. The summed E-state index contributed by atoms with van der Waals surface area (Å²) in [4.78, 5) is 16.1. The Balaban J connectivity index is 1.88. The molecule has 0 bridgehead atoms. The molecule has 1 aromatic heterocycles. The third kappa shape index (κ3) is 3.79. The average Bonchev–Trinajstić information content (AvgIpc) is 2.54. The molecule has 2 aliphatic rings. The van der Waals surface area contributed by atoms with Crippen molar-refractivity contribution in [3.63, 3.8) is 0 Å². The number of nitrogens with two attached hydrogens (primary N) is 1. The highest BCUT2D eigenvalue weighted by Gasteiger charge is 2.47. The normalized spacial score (nSPS) is 29.8. The van der Waals surface area contributed by atoms with Crippen LogP contribution in [0.5, 0.6) is 0 Å². The van der Waals surface area contributed by atoms with Gasteiger partial charge in [0.25, 0.3) is 0 Å². The van der Waals surface area contributed by atoms with Gasteiger partial charge in [0, 0.05) is 24.6 Å². The Hall–Kier alpha value is -1.44. The number of amides is 1. The van der Waals surface area contributed by atoms with Crippen molar-refractivity contribution in [2.75, 3.05) is 5.73 Å². The van der Waals surface area contributed by atoms with Crippen LogP contribution in [0.15, 0.2) is 18.5 Å². The summed E-state index contributed by atoms with van der Waals surface area (Å²) >= 11 is 0. The summed E-state index contributed by atoms with van der Waals surface area (Å²) in [5.41, 5.74) is 7.74. The Kier molecular flexibility index (Phi) is 5.16. The average molecular weight is 378 g/mol. The zero-order chi connectivity index (χ0) is 19.1. The van der Waals surface area contributed by atoms with Crippen LogP contribution in [-0.2, 0) is 14.0 Å². The minimum atomic E-state index is -1.99. The summed E-state index contributed by atoms with van der Waals surface area (Å²) in [6.45, 7) is 11.2. The van der Waals surface area contributed by atoms with Crippen molar-refractivity contribution < 1.29 is 14.0 Å². The molecule has 0 radical (unpaired) electrons. The van der Waals surface area contributed by atoms with E-state index in [-0.39, 0.29) is 35.3 Å². The highest BCUT2D eigenvalue weighted by atomic mass is 28.4. The van der Waals surface area contributed by atoms with Gasteiger partial charge in [-0.2, -0.15) is 0 Å². The fourth-order valence-electron chi connectivity index (χ4n) is 3.50. The molecule has 144 valence electrons. The number of carbonyl (C=O) groups is 1. The second-order valence-electron chi connectivity index (χ2n) is 8.95. The van der Waals surface area contributed by atoms with Gasteiger partial charge < -0.3 is 20.2 Å². The molecular formula is C19H31N3O3Si. The predicted molar refractivity (Wildman–Crippen MR) is 104 cm³/mol. The lowest BCUT2D eigenvalue weighted by Crippen LogP contribution is -2.61. The first kappa shape index (κ1) is 19.3. The SMILES string of the molecule is CC(C)(C)[Si](C)(C)O[C@@H]1C[C@@H](c2ccncc2N)O[C@@H]2CCC(=O)NC21. The number of anilines is 1. The lowest BCUT2D eigenvalue weighted by Gasteiger charge is -2.48. The summed E-state index contributed by atoms with van der Waals surface area (Å²) in [5.74, 6) is 0.0838. The minimum Gasteiger partial charge on any atom is -0.412 e. The molecule has 3 heterocycles. The van der Waals surface area contributed by atoms with Gasteiger partial charge >= 0.3 is 0 Å². The number of aromatic nitrogens is 1. The molecule has 0 spiro atoms. The number of piperidine rings is 1. The molecule has 1 unspecified atom stereocenters. The third-order valence-electron chi connectivity index (χ3n) is 6.06. The Morgan fingerprint density at radius 1 is 1.38 bits per heavy atom. The van der Waals surface area contributed by atoms with Crippen LogP contribution in [0.2, 0.25) is 18.1 Å². The van der Waals surface area contributed by atoms with Crippen molar-refractivity contribution >= 4 is 19.9 Å². The van der Waals surface area contributed by atoms with Gasteiger partial charge in [0.15, 0.2) is 8.32 Å². The van der Waals surface area contributed by atoms with Gasteiger partial charge in [-0.1, -0.05) is 20.8 Å². The summed E-state index contributed by atoms with van der Waals surface area (Å²) in [7, 11) is -1.99. The molecule has 2 fully saturated rings. The number of nitrogens with zero attached hydrogens (tertiary/aromatic N) is 1. The number of nitrogen functional groups attached to an aromatic ring is 1. The van der Waals surface area contributed by atoms with Crippen molar-refractivity contribution in [3.05, 3.63) is 24.0 Å². The molecule has 3 N–H and O–H groups in total. The number of hydrogen-bond acceptors (Lipinski definition) is 5. The van der Waals surface area contributed by atoms with E-state index in [0.717, 1.165) is 12.0 Å². The van der Waals surface area contributed by atoms with Crippen molar-refractivity contribution in [3.8, 4) is 0 Å². The van der Waals surface area contributed by atoms with Crippen LogP contribution in [0.4, 0.5) is 5.69 Å². The number of ether oxygens (including phenoxy) is 1. The first-order valence-corrected chi connectivity index (χ1v) is 12.3. The molecule has 0 saturated carbocycles. The second-order valence-corrected chi connectivity index (χ2v) is 13.7. The first-order valence-electron chi connectivity index (χ1n) is 9.40. The van der Waals surface area contributed by atoms with Crippen LogP contribution in [-0.4, -0.2) is 37.5 Å². The first-order chi connectivity index (χ1) is 12.1. The van der Waals surface area contributed by atoms with E-state index in [1.165, 1.54) is 0 Å². The maximum absolute atomic E-state index is 12.0. The predicted octanol–water partition coefficient (Wildman–Crippen LogP) is 3.16. The van der Waals surface area contributed by atoms with E-state index in [2.05, 4.69) is 44.2 Å². The summed E-state index contributed by atoms with van der Waals surface area (Å²) in [6.07, 6.45) is 5.04. The van der Waals surface area contributed by atoms with Crippen molar-refractivity contribution in [2.45, 2.75) is 82.5 Å². The molecule has 3 rings (SSSR count).